The van der Waals surface area contributed by atoms with E-state index in [2.05, 4.69) is 5.32 Å². The number of nitrogens with one attached hydrogen (secondary N) is 1. The van der Waals surface area contributed by atoms with E-state index in [0.29, 0.717) is 17.7 Å². The summed E-state index contributed by atoms with van der Waals surface area (Å²) in [5.74, 6) is -0.791. The molecule has 1 N–H and O–H groups in total. The number of benzene rings is 2. The van der Waals surface area contributed by atoms with E-state index < -0.39 is 0 Å². The predicted octanol–water partition coefficient (Wildman–Crippen LogP) is 3.16. The number of hydrogen-bond donors (Lipinski definition) is 1. The fraction of sp³-hybridized carbons (Fsp3) is 0.263. The smallest absolute Gasteiger partial charge is 0.243 e. The Bertz CT molecular complexity index is 731. The van der Waals surface area contributed by atoms with Gasteiger partial charge in [-0.3, -0.25) is 9.59 Å². The van der Waals surface area contributed by atoms with Crippen molar-refractivity contribution in [3.8, 4) is 0 Å². The number of hydrogen-bond acceptors (Lipinski definition) is 2. The Balaban J connectivity index is 1.94. The first kappa shape index (κ1) is 17.7. The number of nitrogens with zero attached hydrogens (tertiary/aromatic N) is 1. The lowest BCUT2D eigenvalue weighted by Crippen LogP contribution is -2.38. The van der Waals surface area contributed by atoms with Gasteiger partial charge in [-0.15, -0.1) is 0 Å². The number of aryl methyl sites for hydroxylation is 1. The van der Waals surface area contributed by atoms with Gasteiger partial charge >= 0.3 is 0 Å². The number of rotatable bonds is 6. The first-order chi connectivity index (χ1) is 11.5. The minimum atomic E-state index is -0.301. The zero-order valence-electron chi connectivity index (χ0n) is 13.9. The number of amides is 2. The molecule has 2 aromatic carbocycles. The van der Waals surface area contributed by atoms with E-state index in [4.69, 9.17) is 0 Å². The summed E-state index contributed by atoms with van der Waals surface area (Å²) in [7, 11) is 0. The molecule has 0 aliphatic rings. The zero-order chi connectivity index (χ0) is 17.5. The van der Waals surface area contributed by atoms with E-state index in [-0.39, 0.29) is 30.7 Å². The molecule has 2 rings (SSSR count). The van der Waals surface area contributed by atoms with Crippen LogP contribution < -0.4 is 5.32 Å². The normalized spacial score (nSPS) is 10.3. The van der Waals surface area contributed by atoms with Gasteiger partial charge < -0.3 is 10.2 Å². The number of anilines is 1. The summed E-state index contributed by atoms with van der Waals surface area (Å²) in [6, 6.07) is 13.9. The van der Waals surface area contributed by atoms with E-state index >= 15 is 0 Å². The van der Waals surface area contributed by atoms with Gasteiger partial charge in [-0.1, -0.05) is 30.3 Å². The number of carbonyl (C=O) groups is 2. The highest BCUT2D eigenvalue weighted by Crippen LogP contribution is 2.10. The summed E-state index contributed by atoms with van der Waals surface area (Å²) in [4.78, 5) is 25.3. The quantitative estimate of drug-likeness (QED) is 0.885. The standard InChI is InChI=1S/C19H21FN2O2/c1-14-6-5-8-17(12-14)21-19(24)13-22(15(2)23)11-10-16-7-3-4-9-18(16)20/h3-9,12H,10-11,13H2,1-2H3,(H,21,24). The molecule has 0 aliphatic carbocycles. The molecule has 0 spiro atoms. The van der Waals surface area contributed by atoms with E-state index in [1.54, 1.807) is 24.3 Å². The Labute approximate surface area is 141 Å². The summed E-state index contributed by atoms with van der Waals surface area (Å²) in [6.45, 7) is 3.57. The Kier molecular flexibility index (Phi) is 6.07. The van der Waals surface area contributed by atoms with Crippen LogP contribution in [0.15, 0.2) is 48.5 Å². The Hall–Kier alpha value is -2.69. The third-order valence-electron chi connectivity index (χ3n) is 3.69. The molecule has 0 atom stereocenters. The van der Waals surface area contributed by atoms with Crippen molar-refractivity contribution < 1.29 is 14.0 Å². The van der Waals surface area contributed by atoms with Crippen molar-refractivity contribution in [2.75, 3.05) is 18.4 Å². The maximum atomic E-state index is 13.6. The van der Waals surface area contributed by atoms with Crippen molar-refractivity contribution in [1.29, 1.82) is 0 Å². The van der Waals surface area contributed by atoms with E-state index in [1.165, 1.54) is 17.9 Å². The maximum absolute atomic E-state index is 13.6. The SMILES string of the molecule is CC(=O)N(CCc1ccccc1F)CC(=O)Nc1cccc(C)c1. The van der Waals surface area contributed by atoms with Crippen LogP contribution in [-0.2, 0) is 16.0 Å². The van der Waals surface area contributed by atoms with Crippen LogP contribution in [0.5, 0.6) is 0 Å². The summed E-state index contributed by atoms with van der Waals surface area (Å²) >= 11 is 0. The van der Waals surface area contributed by atoms with Gasteiger partial charge in [-0.25, -0.2) is 4.39 Å². The molecular formula is C19H21FN2O2. The molecule has 0 saturated carbocycles. The second-order valence-corrected chi connectivity index (χ2v) is 5.70. The average molecular weight is 328 g/mol. The van der Waals surface area contributed by atoms with Crippen molar-refractivity contribution >= 4 is 17.5 Å². The molecule has 2 amide bonds. The molecule has 0 aromatic heterocycles. The highest BCUT2D eigenvalue weighted by molar-refractivity contribution is 5.94. The topological polar surface area (TPSA) is 49.4 Å². The highest BCUT2D eigenvalue weighted by Gasteiger charge is 2.14. The molecule has 0 fully saturated rings. The van der Waals surface area contributed by atoms with Crippen LogP contribution in [0.1, 0.15) is 18.1 Å². The first-order valence-electron chi connectivity index (χ1n) is 7.81. The van der Waals surface area contributed by atoms with Crippen molar-refractivity contribution in [3.05, 3.63) is 65.5 Å². The van der Waals surface area contributed by atoms with Gasteiger partial charge in [0.05, 0.1) is 6.54 Å². The van der Waals surface area contributed by atoms with Gasteiger partial charge in [-0.2, -0.15) is 0 Å². The Morgan fingerprint density at radius 2 is 1.88 bits per heavy atom. The number of carbonyl (C=O) groups excluding carboxylic acids is 2. The van der Waals surface area contributed by atoms with Gasteiger partial charge in [0.1, 0.15) is 5.82 Å². The molecule has 0 unspecified atom stereocenters. The van der Waals surface area contributed by atoms with Crippen LogP contribution in [0.4, 0.5) is 10.1 Å². The lowest BCUT2D eigenvalue weighted by molar-refractivity contribution is -0.132. The van der Waals surface area contributed by atoms with Crippen molar-refractivity contribution in [2.24, 2.45) is 0 Å². The van der Waals surface area contributed by atoms with Crippen molar-refractivity contribution in [1.82, 2.24) is 4.90 Å². The van der Waals surface area contributed by atoms with Crippen LogP contribution in [0.2, 0.25) is 0 Å². The molecule has 0 heterocycles. The largest absolute Gasteiger partial charge is 0.333 e. The molecule has 24 heavy (non-hydrogen) atoms. The third kappa shape index (κ3) is 5.19. The fourth-order valence-corrected chi connectivity index (χ4v) is 2.40. The Morgan fingerprint density at radius 3 is 2.54 bits per heavy atom. The highest BCUT2D eigenvalue weighted by atomic mass is 19.1. The second kappa shape index (κ2) is 8.24. The summed E-state index contributed by atoms with van der Waals surface area (Å²) < 4.78 is 13.6. The minimum Gasteiger partial charge on any atom is -0.333 e. The minimum absolute atomic E-state index is 0.0578. The summed E-state index contributed by atoms with van der Waals surface area (Å²) in [5, 5.41) is 2.77. The number of halogens is 1. The van der Waals surface area contributed by atoms with Crippen molar-refractivity contribution in [3.63, 3.8) is 0 Å². The van der Waals surface area contributed by atoms with E-state index in [9.17, 15) is 14.0 Å². The fourth-order valence-electron chi connectivity index (χ4n) is 2.40. The molecule has 2 aromatic rings. The molecule has 0 radical (unpaired) electrons. The molecule has 0 saturated heterocycles. The third-order valence-corrected chi connectivity index (χ3v) is 3.69. The first-order valence-corrected chi connectivity index (χ1v) is 7.81. The summed E-state index contributed by atoms with van der Waals surface area (Å²) in [5.41, 5.74) is 2.26. The maximum Gasteiger partial charge on any atom is 0.243 e. The van der Waals surface area contributed by atoms with Crippen LogP contribution in [0, 0.1) is 12.7 Å². The molecular weight excluding hydrogens is 307 g/mol. The van der Waals surface area contributed by atoms with Crippen LogP contribution in [-0.4, -0.2) is 29.8 Å². The van der Waals surface area contributed by atoms with Gasteiger partial charge in [0.25, 0.3) is 0 Å². The van der Waals surface area contributed by atoms with Crippen LogP contribution in [0.25, 0.3) is 0 Å². The Morgan fingerprint density at radius 1 is 1.12 bits per heavy atom. The zero-order valence-corrected chi connectivity index (χ0v) is 13.9. The second-order valence-electron chi connectivity index (χ2n) is 5.70. The molecule has 4 nitrogen and oxygen atoms in total. The molecule has 0 bridgehead atoms. The van der Waals surface area contributed by atoms with Crippen LogP contribution in [0.3, 0.4) is 0 Å². The van der Waals surface area contributed by atoms with E-state index in [1.807, 2.05) is 25.1 Å². The molecule has 5 heteroatoms. The molecule has 0 aliphatic heterocycles. The monoisotopic (exact) mass is 328 g/mol. The predicted molar refractivity (Wildman–Crippen MR) is 92.2 cm³/mol. The van der Waals surface area contributed by atoms with Crippen LogP contribution >= 0.6 is 0 Å². The van der Waals surface area contributed by atoms with Gasteiger partial charge in [0, 0.05) is 19.2 Å². The summed E-state index contributed by atoms with van der Waals surface area (Å²) in [6.07, 6.45) is 0.365. The lowest BCUT2D eigenvalue weighted by atomic mass is 10.1. The molecule has 126 valence electrons. The van der Waals surface area contributed by atoms with E-state index in [0.717, 1.165) is 5.56 Å². The lowest BCUT2D eigenvalue weighted by Gasteiger charge is -2.20. The van der Waals surface area contributed by atoms with Gasteiger partial charge in [-0.05, 0) is 42.7 Å². The van der Waals surface area contributed by atoms with Crippen molar-refractivity contribution in [2.45, 2.75) is 20.3 Å². The van der Waals surface area contributed by atoms with Gasteiger partial charge in [0.2, 0.25) is 11.8 Å². The van der Waals surface area contributed by atoms with Gasteiger partial charge in [0.15, 0.2) is 0 Å². The average Bonchev–Trinajstić information content (AvgIpc) is 2.52.